The van der Waals surface area contributed by atoms with Crippen molar-refractivity contribution in [3.63, 3.8) is 0 Å². The number of carbonyl (C=O) groups excluding carboxylic acids is 1. The fraction of sp³-hybridized carbons (Fsp3) is 0.909. The van der Waals surface area contributed by atoms with Crippen LogP contribution in [0.4, 0.5) is 8.78 Å². The Morgan fingerprint density at radius 1 is 1.00 bits per heavy atom. The smallest absolute Gasteiger partial charge is 0.200 e. The minimum Gasteiger partial charge on any atom is -0.293 e. The number of alkyl halides is 2. The molecule has 0 saturated carbocycles. The number of halogens is 2. The summed E-state index contributed by atoms with van der Waals surface area (Å²) in [4.78, 5) is 11.1. The molecule has 0 spiro atoms. The van der Waals surface area contributed by atoms with E-state index in [0.29, 0.717) is 12.8 Å². The third kappa shape index (κ3) is 5.30. The van der Waals surface area contributed by atoms with Crippen LogP contribution in [0.2, 0.25) is 0 Å². The minimum absolute atomic E-state index is 0.169. The molecule has 84 valence electrons. The first-order valence-corrected chi connectivity index (χ1v) is 5.45. The molecule has 2 atom stereocenters. The van der Waals surface area contributed by atoms with E-state index < -0.39 is 18.1 Å². The van der Waals surface area contributed by atoms with Crippen LogP contribution in [0.25, 0.3) is 0 Å². The summed E-state index contributed by atoms with van der Waals surface area (Å²) in [6.07, 6.45) is 0.104. The maximum absolute atomic E-state index is 13.1. The topological polar surface area (TPSA) is 17.1 Å². The van der Waals surface area contributed by atoms with Gasteiger partial charge in [0.1, 0.15) is 0 Å². The van der Waals surface area contributed by atoms with E-state index in [1.807, 2.05) is 13.8 Å². The molecule has 0 aromatic rings. The molecular formula is C11H20F2O. The molecule has 0 aromatic heterocycles. The van der Waals surface area contributed by atoms with Crippen molar-refractivity contribution in [2.45, 2.75) is 64.7 Å². The van der Waals surface area contributed by atoms with Gasteiger partial charge in [-0.15, -0.1) is 0 Å². The van der Waals surface area contributed by atoms with E-state index in [0.717, 1.165) is 12.8 Å². The van der Waals surface area contributed by atoms with Gasteiger partial charge in [0.15, 0.2) is 12.3 Å². The van der Waals surface area contributed by atoms with E-state index in [1.165, 1.54) is 0 Å². The van der Waals surface area contributed by atoms with Crippen molar-refractivity contribution < 1.29 is 13.6 Å². The quantitative estimate of drug-likeness (QED) is 0.593. The molecule has 1 nitrogen and oxygen atoms in total. The van der Waals surface area contributed by atoms with E-state index in [9.17, 15) is 13.6 Å². The van der Waals surface area contributed by atoms with Crippen LogP contribution in [0.5, 0.6) is 0 Å². The fourth-order valence-corrected chi connectivity index (χ4v) is 1.25. The second-order valence-corrected chi connectivity index (χ2v) is 3.62. The van der Waals surface area contributed by atoms with E-state index in [-0.39, 0.29) is 12.8 Å². The van der Waals surface area contributed by atoms with Crippen molar-refractivity contribution in [3.05, 3.63) is 0 Å². The van der Waals surface area contributed by atoms with Crippen LogP contribution in [0.1, 0.15) is 52.4 Å². The Labute approximate surface area is 84.9 Å². The van der Waals surface area contributed by atoms with Gasteiger partial charge < -0.3 is 0 Å². The SMILES string of the molecule is CCCCC(F)C(=O)C(F)CCCC. The molecule has 14 heavy (non-hydrogen) atoms. The summed E-state index contributed by atoms with van der Waals surface area (Å²) in [5.74, 6) is -0.855. The van der Waals surface area contributed by atoms with Gasteiger partial charge in [0.2, 0.25) is 5.78 Å². The summed E-state index contributed by atoms with van der Waals surface area (Å²) in [7, 11) is 0. The van der Waals surface area contributed by atoms with Gasteiger partial charge in [0.05, 0.1) is 0 Å². The van der Waals surface area contributed by atoms with Crippen molar-refractivity contribution in [1.82, 2.24) is 0 Å². The second kappa shape index (κ2) is 7.89. The van der Waals surface area contributed by atoms with Crippen LogP contribution in [0.15, 0.2) is 0 Å². The standard InChI is InChI=1S/C11H20F2O/c1-3-5-7-9(12)11(14)10(13)8-6-4-2/h9-10H,3-8H2,1-2H3. The normalized spacial score (nSPS) is 15.1. The zero-order valence-corrected chi connectivity index (χ0v) is 9.06. The average molecular weight is 206 g/mol. The maximum atomic E-state index is 13.1. The number of unbranched alkanes of at least 4 members (excludes halogenated alkanes) is 2. The number of ketones is 1. The summed E-state index contributed by atoms with van der Waals surface area (Å²) in [5.41, 5.74) is 0. The first-order chi connectivity index (χ1) is 6.63. The summed E-state index contributed by atoms with van der Waals surface area (Å²) in [5, 5.41) is 0. The Morgan fingerprint density at radius 3 is 1.64 bits per heavy atom. The molecule has 0 aliphatic rings. The Bertz CT molecular complexity index is 143. The molecule has 0 bridgehead atoms. The van der Waals surface area contributed by atoms with Gasteiger partial charge in [-0.1, -0.05) is 39.5 Å². The third-order valence-corrected chi connectivity index (χ3v) is 2.24. The highest BCUT2D eigenvalue weighted by Crippen LogP contribution is 2.13. The van der Waals surface area contributed by atoms with E-state index in [4.69, 9.17) is 0 Å². The van der Waals surface area contributed by atoms with Gasteiger partial charge in [-0.25, -0.2) is 8.78 Å². The van der Waals surface area contributed by atoms with Crippen molar-refractivity contribution in [1.29, 1.82) is 0 Å². The summed E-state index contributed by atoms with van der Waals surface area (Å²) < 4.78 is 26.1. The number of carbonyl (C=O) groups is 1. The Balaban J connectivity index is 3.78. The number of rotatable bonds is 8. The van der Waals surface area contributed by atoms with Crippen molar-refractivity contribution in [2.24, 2.45) is 0 Å². The molecule has 3 heteroatoms. The van der Waals surface area contributed by atoms with Gasteiger partial charge in [0.25, 0.3) is 0 Å². The predicted molar refractivity (Wildman–Crippen MR) is 53.8 cm³/mol. The van der Waals surface area contributed by atoms with Crippen LogP contribution in [0.3, 0.4) is 0 Å². The monoisotopic (exact) mass is 206 g/mol. The largest absolute Gasteiger partial charge is 0.293 e. The fourth-order valence-electron chi connectivity index (χ4n) is 1.25. The number of hydrogen-bond donors (Lipinski definition) is 0. The molecule has 0 rings (SSSR count). The lowest BCUT2D eigenvalue weighted by Gasteiger charge is -2.10. The highest BCUT2D eigenvalue weighted by Gasteiger charge is 2.25. The van der Waals surface area contributed by atoms with Gasteiger partial charge in [-0.05, 0) is 12.8 Å². The Kier molecular flexibility index (Phi) is 7.63. The molecule has 0 heterocycles. The van der Waals surface area contributed by atoms with Crippen molar-refractivity contribution in [3.8, 4) is 0 Å². The average Bonchev–Trinajstić information content (AvgIpc) is 2.21. The Hall–Kier alpha value is -0.470. The summed E-state index contributed by atoms with van der Waals surface area (Å²) in [6, 6.07) is 0. The van der Waals surface area contributed by atoms with Crippen LogP contribution >= 0.6 is 0 Å². The molecule has 0 fully saturated rings. The highest BCUT2D eigenvalue weighted by molar-refractivity contribution is 5.87. The highest BCUT2D eigenvalue weighted by atomic mass is 19.1. The first kappa shape index (κ1) is 13.5. The number of Topliss-reactive ketones (excluding diaryl/α,β-unsaturated/α-hetero) is 1. The minimum atomic E-state index is -1.60. The van der Waals surface area contributed by atoms with Gasteiger partial charge >= 0.3 is 0 Å². The first-order valence-electron chi connectivity index (χ1n) is 5.45. The van der Waals surface area contributed by atoms with Crippen LogP contribution in [-0.4, -0.2) is 18.1 Å². The molecule has 0 aliphatic heterocycles. The Morgan fingerprint density at radius 2 is 1.36 bits per heavy atom. The molecule has 0 N–H and O–H groups in total. The van der Waals surface area contributed by atoms with E-state index in [1.54, 1.807) is 0 Å². The van der Waals surface area contributed by atoms with Crippen LogP contribution in [-0.2, 0) is 4.79 Å². The lowest BCUT2D eigenvalue weighted by Crippen LogP contribution is -2.26. The predicted octanol–water partition coefficient (Wildman–Crippen LogP) is 3.61. The zero-order valence-electron chi connectivity index (χ0n) is 9.06. The van der Waals surface area contributed by atoms with Crippen molar-refractivity contribution >= 4 is 5.78 Å². The molecule has 0 aromatic carbocycles. The molecule has 0 amide bonds. The lowest BCUT2D eigenvalue weighted by atomic mass is 10.0. The van der Waals surface area contributed by atoms with Gasteiger partial charge in [0, 0.05) is 0 Å². The zero-order chi connectivity index (χ0) is 11.0. The molecule has 2 unspecified atom stereocenters. The van der Waals surface area contributed by atoms with Crippen molar-refractivity contribution in [2.75, 3.05) is 0 Å². The van der Waals surface area contributed by atoms with Crippen LogP contribution < -0.4 is 0 Å². The lowest BCUT2D eigenvalue weighted by molar-refractivity contribution is -0.129. The maximum Gasteiger partial charge on any atom is 0.200 e. The number of hydrogen-bond acceptors (Lipinski definition) is 1. The van der Waals surface area contributed by atoms with E-state index in [2.05, 4.69) is 0 Å². The van der Waals surface area contributed by atoms with Crippen LogP contribution in [0, 0.1) is 0 Å². The molecule has 0 radical (unpaired) electrons. The van der Waals surface area contributed by atoms with E-state index >= 15 is 0 Å². The molecule has 0 aliphatic carbocycles. The van der Waals surface area contributed by atoms with Gasteiger partial charge in [-0.2, -0.15) is 0 Å². The summed E-state index contributed by atoms with van der Waals surface area (Å²) >= 11 is 0. The molecular weight excluding hydrogens is 186 g/mol. The third-order valence-electron chi connectivity index (χ3n) is 2.24. The second-order valence-electron chi connectivity index (χ2n) is 3.62. The van der Waals surface area contributed by atoms with Gasteiger partial charge in [-0.3, -0.25) is 4.79 Å². The summed E-state index contributed by atoms with van der Waals surface area (Å²) in [6.45, 7) is 3.84. The molecule has 0 saturated heterocycles.